The highest BCUT2D eigenvalue weighted by Gasteiger charge is 2.27. The highest BCUT2D eigenvalue weighted by atomic mass is 32.1. The normalized spacial score (nSPS) is 20.0. The number of aromatic nitrogens is 1. The van der Waals surface area contributed by atoms with Crippen LogP contribution in [0.15, 0.2) is 5.38 Å². The molecule has 106 valence electrons. The Balaban J connectivity index is 1.83. The fourth-order valence-corrected chi connectivity index (χ4v) is 3.09. The smallest absolute Gasteiger partial charge is 0.239 e. The lowest BCUT2D eigenvalue weighted by molar-refractivity contribution is -0.135. The Morgan fingerprint density at radius 2 is 2.42 bits per heavy atom. The van der Waals surface area contributed by atoms with Crippen molar-refractivity contribution >= 4 is 17.2 Å². The Kier molecular flexibility index (Phi) is 5.34. The van der Waals surface area contributed by atoms with Crippen molar-refractivity contribution in [1.29, 1.82) is 0 Å². The molecule has 0 radical (unpaired) electrons. The molecule has 0 aromatic carbocycles. The monoisotopic (exact) mass is 281 g/mol. The Morgan fingerprint density at radius 3 is 3.11 bits per heavy atom. The molecule has 0 aliphatic carbocycles. The number of likely N-dealkylation sites (tertiary alicyclic amines) is 1. The molecule has 0 spiro atoms. The summed E-state index contributed by atoms with van der Waals surface area (Å²) >= 11 is 1.68. The van der Waals surface area contributed by atoms with Crippen LogP contribution in [0.4, 0.5) is 0 Å². The van der Waals surface area contributed by atoms with E-state index in [1.165, 1.54) is 0 Å². The first kappa shape index (κ1) is 14.5. The molecule has 1 atom stereocenters. The van der Waals surface area contributed by atoms with Gasteiger partial charge in [-0.05, 0) is 32.7 Å². The van der Waals surface area contributed by atoms with E-state index in [0.29, 0.717) is 0 Å². The van der Waals surface area contributed by atoms with Gasteiger partial charge in [-0.25, -0.2) is 4.98 Å². The van der Waals surface area contributed by atoms with Crippen molar-refractivity contribution in [2.45, 2.75) is 45.6 Å². The molecular weight excluding hydrogens is 258 g/mol. The van der Waals surface area contributed by atoms with Crippen LogP contribution in [-0.2, 0) is 11.2 Å². The van der Waals surface area contributed by atoms with E-state index >= 15 is 0 Å². The molecule has 0 bridgehead atoms. The molecule has 4 nitrogen and oxygen atoms in total. The Labute approximate surface area is 119 Å². The summed E-state index contributed by atoms with van der Waals surface area (Å²) in [5.74, 6) is 0.270. The molecular formula is C14H23N3OS. The van der Waals surface area contributed by atoms with Crippen molar-refractivity contribution in [3.8, 4) is 0 Å². The van der Waals surface area contributed by atoms with E-state index in [4.69, 9.17) is 0 Å². The molecule has 1 N–H and O–H groups in total. The fourth-order valence-electron chi connectivity index (χ4n) is 2.44. The molecule has 5 heteroatoms. The number of hydrogen-bond acceptors (Lipinski definition) is 4. The SMILES string of the molecule is CCCNC1CCCN(CCc2csc(C)n2)C1=O. The zero-order valence-electron chi connectivity index (χ0n) is 11.8. The number of nitrogens with zero attached hydrogens (tertiary/aromatic N) is 2. The summed E-state index contributed by atoms with van der Waals surface area (Å²) in [7, 11) is 0. The van der Waals surface area contributed by atoms with Crippen LogP contribution in [0, 0.1) is 6.92 Å². The summed E-state index contributed by atoms with van der Waals surface area (Å²) in [5.41, 5.74) is 1.11. The Hall–Kier alpha value is -0.940. The van der Waals surface area contributed by atoms with Gasteiger partial charge in [0.25, 0.3) is 0 Å². The molecule has 1 saturated heterocycles. The zero-order chi connectivity index (χ0) is 13.7. The van der Waals surface area contributed by atoms with Crippen molar-refractivity contribution < 1.29 is 4.79 Å². The van der Waals surface area contributed by atoms with Crippen molar-refractivity contribution in [3.63, 3.8) is 0 Å². The first-order valence-electron chi connectivity index (χ1n) is 7.14. The van der Waals surface area contributed by atoms with Gasteiger partial charge in [-0.3, -0.25) is 4.79 Å². The van der Waals surface area contributed by atoms with Gasteiger partial charge < -0.3 is 10.2 Å². The third-order valence-corrected chi connectivity index (χ3v) is 4.30. The number of thiazole rings is 1. The number of rotatable bonds is 6. The number of carbonyl (C=O) groups is 1. The van der Waals surface area contributed by atoms with Crippen molar-refractivity contribution in [1.82, 2.24) is 15.2 Å². The summed E-state index contributed by atoms with van der Waals surface area (Å²) in [6.45, 7) is 6.77. The molecule has 0 saturated carbocycles. The molecule has 19 heavy (non-hydrogen) atoms. The third-order valence-electron chi connectivity index (χ3n) is 3.48. The van der Waals surface area contributed by atoms with E-state index in [9.17, 15) is 4.79 Å². The van der Waals surface area contributed by atoms with Gasteiger partial charge in [0.05, 0.1) is 16.7 Å². The quantitative estimate of drug-likeness (QED) is 0.867. The van der Waals surface area contributed by atoms with Gasteiger partial charge in [-0.1, -0.05) is 6.92 Å². The molecule has 2 rings (SSSR count). The molecule has 1 aliphatic rings. The van der Waals surface area contributed by atoms with Gasteiger partial charge in [-0.15, -0.1) is 11.3 Å². The number of piperidine rings is 1. The predicted octanol–water partition coefficient (Wildman–Crippen LogP) is 1.98. The first-order valence-corrected chi connectivity index (χ1v) is 8.02. The van der Waals surface area contributed by atoms with Crippen LogP contribution in [0.1, 0.15) is 36.9 Å². The van der Waals surface area contributed by atoms with Gasteiger partial charge in [0.15, 0.2) is 0 Å². The fraction of sp³-hybridized carbons (Fsp3) is 0.714. The summed E-state index contributed by atoms with van der Waals surface area (Å²) in [6.07, 6.45) is 4.02. The molecule has 1 aromatic rings. The van der Waals surface area contributed by atoms with E-state index in [1.54, 1.807) is 11.3 Å². The largest absolute Gasteiger partial charge is 0.341 e. The molecule has 1 unspecified atom stereocenters. The van der Waals surface area contributed by atoms with Crippen molar-refractivity contribution in [2.75, 3.05) is 19.6 Å². The molecule has 1 aromatic heterocycles. The van der Waals surface area contributed by atoms with E-state index in [2.05, 4.69) is 22.6 Å². The minimum atomic E-state index is 0.0332. The lowest BCUT2D eigenvalue weighted by atomic mass is 10.0. The lowest BCUT2D eigenvalue weighted by Gasteiger charge is -2.32. The van der Waals surface area contributed by atoms with Crippen LogP contribution in [0.2, 0.25) is 0 Å². The average Bonchev–Trinajstić information content (AvgIpc) is 2.82. The van der Waals surface area contributed by atoms with Crippen LogP contribution in [0.25, 0.3) is 0 Å². The van der Waals surface area contributed by atoms with Gasteiger partial charge in [0.2, 0.25) is 5.91 Å². The van der Waals surface area contributed by atoms with Crippen molar-refractivity contribution in [2.24, 2.45) is 0 Å². The Bertz CT molecular complexity index is 419. The summed E-state index contributed by atoms with van der Waals surface area (Å²) in [5, 5.41) is 6.54. The minimum Gasteiger partial charge on any atom is -0.341 e. The highest BCUT2D eigenvalue weighted by molar-refractivity contribution is 7.09. The number of amides is 1. The van der Waals surface area contributed by atoms with Gasteiger partial charge in [0.1, 0.15) is 0 Å². The Morgan fingerprint density at radius 1 is 1.58 bits per heavy atom. The maximum absolute atomic E-state index is 12.3. The van der Waals surface area contributed by atoms with E-state index in [1.807, 2.05) is 11.8 Å². The van der Waals surface area contributed by atoms with Crippen LogP contribution in [0.3, 0.4) is 0 Å². The third kappa shape index (κ3) is 4.01. The second-order valence-electron chi connectivity index (χ2n) is 5.08. The number of hydrogen-bond donors (Lipinski definition) is 1. The molecule has 1 amide bonds. The lowest BCUT2D eigenvalue weighted by Crippen LogP contribution is -2.51. The minimum absolute atomic E-state index is 0.0332. The van der Waals surface area contributed by atoms with Gasteiger partial charge >= 0.3 is 0 Å². The van der Waals surface area contributed by atoms with Crippen LogP contribution in [-0.4, -0.2) is 41.5 Å². The number of nitrogens with one attached hydrogen (secondary N) is 1. The summed E-state index contributed by atoms with van der Waals surface area (Å²) < 4.78 is 0. The highest BCUT2D eigenvalue weighted by Crippen LogP contribution is 2.14. The van der Waals surface area contributed by atoms with Gasteiger partial charge in [-0.2, -0.15) is 0 Å². The molecule has 1 aliphatic heterocycles. The van der Waals surface area contributed by atoms with E-state index in [-0.39, 0.29) is 11.9 Å². The predicted molar refractivity (Wildman–Crippen MR) is 78.5 cm³/mol. The zero-order valence-corrected chi connectivity index (χ0v) is 12.6. The van der Waals surface area contributed by atoms with E-state index in [0.717, 1.165) is 56.0 Å². The summed E-state index contributed by atoms with van der Waals surface area (Å²) in [6, 6.07) is 0.0332. The second kappa shape index (κ2) is 7.01. The number of carbonyl (C=O) groups excluding carboxylic acids is 1. The second-order valence-corrected chi connectivity index (χ2v) is 6.14. The van der Waals surface area contributed by atoms with Crippen LogP contribution >= 0.6 is 11.3 Å². The summed E-state index contributed by atoms with van der Waals surface area (Å²) in [4.78, 5) is 18.7. The van der Waals surface area contributed by atoms with Crippen molar-refractivity contribution in [3.05, 3.63) is 16.1 Å². The van der Waals surface area contributed by atoms with Gasteiger partial charge in [0, 0.05) is 24.9 Å². The topological polar surface area (TPSA) is 45.2 Å². The standard InChI is InChI=1S/C14H23N3OS/c1-3-7-15-13-5-4-8-17(14(13)18)9-6-12-10-19-11(2)16-12/h10,13,15H,3-9H2,1-2H3. The molecule has 2 heterocycles. The maximum Gasteiger partial charge on any atom is 0.239 e. The molecule has 1 fully saturated rings. The number of aryl methyl sites for hydroxylation is 1. The van der Waals surface area contributed by atoms with Crippen LogP contribution in [0.5, 0.6) is 0 Å². The maximum atomic E-state index is 12.3. The van der Waals surface area contributed by atoms with E-state index < -0.39 is 0 Å². The van der Waals surface area contributed by atoms with Crippen LogP contribution < -0.4 is 5.32 Å². The first-order chi connectivity index (χ1) is 9.20. The average molecular weight is 281 g/mol.